The van der Waals surface area contributed by atoms with Crippen LogP contribution in [0.25, 0.3) is 0 Å². The molecule has 4 fully saturated rings. The molecule has 4 heterocycles. The van der Waals surface area contributed by atoms with Crippen LogP contribution < -0.4 is 0 Å². The Bertz CT molecular complexity index is 2020. The normalized spacial score (nSPS) is 29.2. The zero-order valence-electron chi connectivity index (χ0n) is 35.6. The smallest absolute Gasteiger partial charge is 0.273 e. The fourth-order valence-electron chi connectivity index (χ4n) is 12.2. The van der Waals surface area contributed by atoms with Crippen LogP contribution in [0.1, 0.15) is 100 Å². The molecule has 0 radical (unpaired) electrons. The Morgan fingerprint density at radius 3 is 1.05 bits per heavy atom. The third kappa shape index (κ3) is 7.32. The number of fused-ring (bicyclic) bond motifs is 24. The molecule has 0 N–H and O–H groups in total. The van der Waals surface area contributed by atoms with E-state index in [-0.39, 0.29) is 49.1 Å². The zero-order valence-corrected chi connectivity index (χ0v) is 35.6. The lowest BCUT2D eigenvalue weighted by Crippen LogP contribution is -2.43. The summed E-state index contributed by atoms with van der Waals surface area (Å²) in [5.74, 6) is 6.38. The molecular formula is C48H52N2O13. The van der Waals surface area contributed by atoms with Gasteiger partial charge in [0.05, 0.1) is 114 Å². The molecular weight excluding hydrogens is 813 g/mol. The highest BCUT2D eigenvalue weighted by Gasteiger charge is 2.73. The van der Waals surface area contributed by atoms with Gasteiger partial charge in [-0.15, -0.1) is 0 Å². The largest absolute Gasteiger partial charge is 0.382 e. The van der Waals surface area contributed by atoms with Gasteiger partial charge in [0.2, 0.25) is 0 Å². The molecule has 2 saturated carbocycles. The summed E-state index contributed by atoms with van der Waals surface area (Å²) in [6.07, 6.45) is 2.16. The van der Waals surface area contributed by atoms with Gasteiger partial charge in [-0.1, -0.05) is 11.8 Å². The fourth-order valence-corrected chi connectivity index (χ4v) is 12.2. The maximum absolute atomic E-state index is 13.6. The van der Waals surface area contributed by atoms with Gasteiger partial charge in [0.25, 0.3) is 23.6 Å². The Balaban J connectivity index is 0.754. The SMILES string of the molecule is COCCOCCOCCOCC#CN1C(=O)c2cc3c(cc2C1=O)C1CC3C2C3OC(C12)C1C2CC(c4cc5c(cc42)C(=O)N(C#CCOCCOCCOCCOC)C5=O)C31. The van der Waals surface area contributed by atoms with E-state index in [4.69, 9.17) is 42.6 Å². The topological polar surface area (TPSA) is 158 Å². The monoisotopic (exact) mass is 864 g/mol. The van der Waals surface area contributed by atoms with Crippen LogP contribution in [0.5, 0.6) is 0 Å². The van der Waals surface area contributed by atoms with Crippen LogP contribution in [-0.2, 0) is 42.6 Å². The van der Waals surface area contributed by atoms with Gasteiger partial charge in [0.15, 0.2) is 0 Å². The molecule has 332 valence electrons. The summed E-state index contributed by atoms with van der Waals surface area (Å²) >= 11 is 0. The second-order valence-corrected chi connectivity index (χ2v) is 17.3. The fraction of sp³-hybridized carbons (Fsp3) is 0.583. The van der Waals surface area contributed by atoms with Crippen molar-refractivity contribution < 1.29 is 61.8 Å². The number of carbonyl (C=O) groups excluding carboxylic acids is 4. The minimum atomic E-state index is -0.397. The van der Waals surface area contributed by atoms with Gasteiger partial charge in [-0.2, -0.15) is 9.80 Å². The van der Waals surface area contributed by atoms with Crippen molar-refractivity contribution in [2.45, 2.75) is 48.7 Å². The summed E-state index contributed by atoms with van der Waals surface area (Å²) in [4.78, 5) is 56.3. The number of hydrogen-bond acceptors (Lipinski definition) is 13. The van der Waals surface area contributed by atoms with E-state index in [9.17, 15) is 19.2 Å². The number of ether oxygens (including phenoxy) is 9. The predicted octanol–water partition coefficient (Wildman–Crippen LogP) is 3.31. The molecule has 8 unspecified atom stereocenters. The molecule has 2 saturated heterocycles. The standard InChI is InChI=1S/C48H52N2O13/c1-55-9-11-59-17-19-61-15-13-57-7-3-5-49-45(51)35-21-27-28(22-36(35)46(49)52)32-25-31(27)39-40(32)44-42-34-26-33(41(42)43(39)63-44)29-23-37-38(24-30(29)34)48(54)50(47(37)53)6-4-8-58-14-16-62-20-18-60-12-10-56-2/h21-24,31-34,39-44H,7-20,25-26H2,1-2H3. The Morgan fingerprint density at radius 1 is 0.460 bits per heavy atom. The van der Waals surface area contributed by atoms with Crippen molar-refractivity contribution in [3.05, 3.63) is 68.8 Å². The maximum Gasteiger partial charge on any atom is 0.273 e. The maximum atomic E-state index is 13.6. The van der Waals surface area contributed by atoms with E-state index in [2.05, 4.69) is 23.9 Å². The van der Waals surface area contributed by atoms with Crippen LogP contribution in [0, 0.1) is 47.6 Å². The number of carbonyl (C=O) groups is 4. The first-order valence-electron chi connectivity index (χ1n) is 22.1. The van der Waals surface area contributed by atoms with Gasteiger partial charge < -0.3 is 42.6 Å². The molecule has 4 aliphatic carbocycles. The lowest BCUT2D eigenvalue weighted by atomic mass is 9.58. The third-order valence-corrected chi connectivity index (χ3v) is 14.5. The van der Waals surface area contributed by atoms with Gasteiger partial charge in [-0.25, -0.2) is 0 Å². The van der Waals surface area contributed by atoms with Crippen LogP contribution in [0.3, 0.4) is 0 Å². The number of imide groups is 2. The molecule has 63 heavy (non-hydrogen) atoms. The minimum Gasteiger partial charge on any atom is -0.382 e. The van der Waals surface area contributed by atoms with Gasteiger partial charge in [-0.05, 0) is 107 Å². The third-order valence-electron chi connectivity index (χ3n) is 14.5. The molecule has 0 aromatic heterocycles. The van der Waals surface area contributed by atoms with Crippen LogP contribution in [0.2, 0.25) is 0 Å². The first-order valence-corrected chi connectivity index (χ1v) is 22.1. The molecule has 10 rings (SSSR count). The number of amides is 4. The van der Waals surface area contributed by atoms with Crippen LogP contribution in [-0.4, -0.2) is 152 Å². The summed E-state index contributed by atoms with van der Waals surface area (Å²) in [5.41, 5.74) is 6.32. The number of hydrogen-bond donors (Lipinski definition) is 0. The lowest BCUT2D eigenvalue weighted by molar-refractivity contribution is 0.00756. The second kappa shape index (κ2) is 18.2. The van der Waals surface area contributed by atoms with Crippen molar-refractivity contribution in [2.75, 3.05) is 107 Å². The second-order valence-electron chi connectivity index (χ2n) is 17.3. The Labute approximate surface area is 366 Å². The summed E-state index contributed by atoms with van der Waals surface area (Å²) in [7, 11) is 3.25. The van der Waals surface area contributed by atoms with Crippen LogP contribution in [0.4, 0.5) is 0 Å². The van der Waals surface area contributed by atoms with Crippen LogP contribution in [0.15, 0.2) is 24.3 Å². The van der Waals surface area contributed by atoms with Crippen molar-refractivity contribution in [3.63, 3.8) is 0 Å². The van der Waals surface area contributed by atoms with Crippen molar-refractivity contribution in [2.24, 2.45) is 23.7 Å². The first kappa shape index (κ1) is 42.4. The van der Waals surface area contributed by atoms with E-state index in [1.807, 2.05) is 24.3 Å². The van der Waals surface area contributed by atoms with E-state index in [1.54, 1.807) is 14.2 Å². The average molecular weight is 865 g/mol. The minimum absolute atomic E-state index is 0.0614. The Hall–Kier alpha value is -4.52. The molecule has 15 heteroatoms. The quantitative estimate of drug-likeness (QED) is 0.109. The average Bonchev–Trinajstić information content (AvgIpc) is 4.18. The summed E-state index contributed by atoms with van der Waals surface area (Å²) in [6.45, 7) is 5.47. The molecule has 2 aromatic carbocycles. The van der Waals surface area contributed by atoms with E-state index in [0.29, 0.717) is 125 Å². The number of nitrogens with zero attached hydrogens (tertiary/aromatic N) is 2. The number of methoxy groups -OCH3 is 2. The highest BCUT2D eigenvalue weighted by atomic mass is 16.6. The van der Waals surface area contributed by atoms with Gasteiger partial charge in [-0.3, -0.25) is 19.2 Å². The molecule has 6 bridgehead atoms. The summed E-state index contributed by atoms with van der Waals surface area (Å²) in [5, 5.41) is 0. The Morgan fingerprint density at radius 2 is 0.746 bits per heavy atom. The van der Waals surface area contributed by atoms with E-state index >= 15 is 0 Å². The highest BCUT2D eigenvalue weighted by Crippen LogP contribution is 2.76. The molecule has 4 aliphatic heterocycles. The molecule has 8 atom stereocenters. The van der Waals surface area contributed by atoms with Gasteiger partial charge in [0.1, 0.15) is 13.2 Å². The highest BCUT2D eigenvalue weighted by molar-refractivity contribution is 6.23. The Kier molecular flexibility index (Phi) is 12.2. The molecule has 4 amide bonds. The predicted molar refractivity (Wildman–Crippen MR) is 221 cm³/mol. The van der Waals surface area contributed by atoms with Crippen LogP contribution >= 0.6 is 0 Å². The van der Waals surface area contributed by atoms with E-state index in [1.165, 1.54) is 22.3 Å². The number of rotatable bonds is 20. The molecule has 8 aliphatic rings. The van der Waals surface area contributed by atoms with Crippen molar-refractivity contribution in [3.8, 4) is 23.9 Å². The van der Waals surface area contributed by atoms with Crippen molar-refractivity contribution >= 4 is 23.6 Å². The van der Waals surface area contributed by atoms with E-state index < -0.39 is 23.6 Å². The number of benzene rings is 2. The lowest BCUT2D eigenvalue weighted by Gasteiger charge is -2.43. The van der Waals surface area contributed by atoms with E-state index in [0.717, 1.165) is 22.6 Å². The summed E-state index contributed by atoms with van der Waals surface area (Å²) < 4.78 is 49.6. The molecule has 2 aromatic rings. The summed E-state index contributed by atoms with van der Waals surface area (Å²) in [6, 6.07) is 13.3. The molecule has 0 spiro atoms. The van der Waals surface area contributed by atoms with Crippen molar-refractivity contribution in [1.82, 2.24) is 9.80 Å². The van der Waals surface area contributed by atoms with Gasteiger partial charge in [0, 0.05) is 26.3 Å². The molecule has 15 nitrogen and oxygen atoms in total. The van der Waals surface area contributed by atoms with Gasteiger partial charge >= 0.3 is 0 Å². The first-order chi connectivity index (χ1) is 30.9. The zero-order chi connectivity index (χ0) is 43.2. The van der Waals surface area contributed by atoms with Crippen molar-refractivity contribution in [1.29, 1.82) is 0 Å².